The molecule has 0 fully saturated rings. The molecule has 0 spiro atoms. The Labute approximate surface area is 164 Å². The summed E-state index contributed by atoms with van der Waals surface area (Å²) in [5.74, 6) is 0.509. The first kappa shape index (κ1) is 17.9. The number of rotatable bonds is 7. The molecule has 2 aromatic carbocycles. The number of benzene rings is 2. The minimum atomic E-state index is 0.0643. The molecule has 5 heteroatoms. The lowest BCUT2D eigenvalue weighted by Crippen LogP contribution is -2.25. The van der Waals surface area contributed by atoms with E-state index in [1.807, 2.05) is 29.1 Å². The van der Waals surface area contributed by atoms with Gasteiger partial charge in [-0.2, -0.15) is 5.10 Å². The van der Waals surface area contributed by atoms with Gasteiger partial charge in [-0.3, -0.25) is 9.48 Å². The first-order valence-electron chi connectivity index (χ1n) is 9.33. The predicted molar refractivity (Wildman–Crippen MR) is 109 cm³/mol. The number of carbonyl (C=O) groups excluding carboxylic acids is 1. The van der Waals surface area contributed by atoms with E-state index in [1.165, 1.54) is 40.8 Å². The van der Waals surface area contributed by atoms with E-state index in [0.717, 1.165) is 5.56 Å². The predicted octanol–water partition coefficient (Wildman–Crippen LogP) is 3.83. The normalized spacial score (nSPS) is 12.7. The second kappa shape index (κ2) is 8.44. The number of thioether (sulfide) groups is 1. The topological polar surface area (TPSA) is 46.9 Å². The third kappa shape index (κ3) is 4.61. The van der Waals surface area contributed by atoms with Gasteiger partial charge in [-0.25, -0.2) is 0 Å². The molecule has 0 bridgehead atoms. The first-order valence-corrected chi connectivity index (χ1v) is 10.3. The lowest BCUT2D eigenvalue weighted by Gasteiger charge is -2.11. The maximum atomic E-state index is 12.3. The maximum Gasteiger partial charge on any atom is 0.230 e. The molecule has 1 aliphatic carbocycles. The molecule has 0 saturated heterocycles. The molecule has 1 amide bonds. The number of hydrogen-bond acceptors (Lipinski definition) is 3. The van der Waals surface area contributed by atoms with Crippen LogP contribution >= 0.6 is 11.8 Å². The maximum absolute atomic E-state index is 12.3. The third-order valence-corrected chi connectivity index (χ3v) is 5.92. The Balaban J connectivity index is 1.30. The van der Waals surface area contributed by atoms with E-state index in [1.54, 1.807) is 18.0 Å². The number of aryl methyl sites for hydroxylation is 2. The molecule has 0 aliphatic heterocycles. The monoisotopic (exact) mass is 377 g/mol. The van der Waals surface area contributed by atoms with Gasteiger partial charge in [-0.1, -0.05) is 30.3 Å². The first-order chi connectivity index (χ1) is 13.3. The SMILES string of the molecule is O=C(CSc1ccc2c(c1)CCC2)NCc1ccccc1Cn1cccn1. The molecule has 1 aliphatic rings. The number of nitrogens with one attached hydrogen (secondary N) is 1. The van der Waals surface area contributed by atoms with E-state index < -0.39 is 0 Å². The molecule has 138 valence electrons. The van der Waals surface area contributed by atoms with Crippen LogP contribution in [-0.4, -0.2) is 21.4 Å². The summed E-state index contributed by atoms with van der Waals surface area (Å²) in [6.07, 6.45) is 7.34. The van der Waals surface area contributed by atoms with Gasteiger partial charge in [0.1, 0.15) is 0 Å². The Morgan fingerprint density at radius 3 is 2.78 bits per heavy atom. The lowest BCUT2D eigenvalue weighted by molar-refractivity contribution is -0.118. The Kier molecular flexibility index (Phi) is 5.58. The van der Waals surface area contributed by atoms with Crippen LogP contribution in [0.4, 0.5) is 0 Å². The van der Waals surface area contributed by atoms with Crippen molar-refractivity contribution in [3.63, 3.8) is 0 Å². The standard InChI is InChI=1S/C22H23N3OS/c26-22(16-27-21-10-9-17-7-3-8-18(17)13-21)23-14-19-5-1-2-6-20(19)15-25-12-4-11-24-25/h1-2,4-6,9-13H,3,7-8,14-16H2,(H,23,26). The molecule has 0 atom stereocenters. The molecule has 4 rings (SSSR count). The highest BCUT2D eigenvalue weighted by Gasteiger charge is 2.12. The Bertz CT molecular complexity index is 921. The van der Waals surface area contributed by atoms with Gasteiger partial charge >= 0.3 is 0 Å². The van der Waals surface area contributed by atoms with Gasteiger partial charge in [0.2, 0.25) is 5.91 Å². The van der Waals surface area contributed by atoms with Crippen molar-refractivity contribution in [3.05, 3.63) is 83.2 Å². The van der Waals surface area contributed by atoms with Crippen LogP contribution in [0.1, 0.15) is 28.7 Å². The van der Waals surface area contributed by atoms with Gasteiger partial charge in [-0.15, -0.1) is 11.8 Å². The zero-order valence-electron chi connectivity index (χ0n) is 15.2. The summed E-state index contributed by atoms with van der Waals surface area (Å²) in [6.45, 7) is 1.25. The van der Waals surface area contributed by atoms with Crippen LogP contribution in [0.3, 0.4) is 0 Å². The summed E-state index contributed by atoms with van der Waals surface area (Å²) in [6, 6.07) is 16.7. The summed E-state index contributed by atoms with van der Waals surface area (Å²) < 4.78 is 1.89. The minimum absolute atomic E-state index is 0.0643. The number of amides is 1. The van der Waals surface area contributed by atoms with Gasteiger partial charge in [0.25, 0.3) is 0 Å². The smallest absolute Gasteiger partial charge is 0.230 e. The fourth-order valence-corrected chi connectivity index (χ4v) is 4.27. The molecule has 1 N–H and O–H groups in total. The van der Waals surface area contributed by atoms with Crippen molar-refractivity contribution >= 4 is 17.7 Å². The molecule has 27 heavy (non-hydrogen) atoms. The largest absolute Gasteiger partial charge is 0.351 e. The molecule has 3 aromatic rings. The molecule has 0 radical (unpaired) electrons. The van der Waals surface area contributed by atoms with Crippen LogP contribution < -0.4 is 5.32 Å². The number of hydrogen-bond donors (Lipinski definition) is 1. The average Bonchev–Trinajstić information content (AvgIpc) is 3.37. The van der Waals surface area contributed by atoms with Crippen LogP contribution in [-0.2, 0) is 30.7 Å². The molecule has 1 aromatic heterocycles. The van der Waals surface area contributed by atoms with Crippen LogP contribution in [0.5, 0.6) is 0 Å². The number of carbonyl (C=O) groups is 1. The zero-order chi connectivity index (χ0) is 18.5. The Hall–Kier alpha value is -2.53. The minimum Gasteiger partial charge on any atom is -0.351 e. The van der Waals surface area contributed by atoms with E-state index in [4.69, 9.17) is 0 Å². The highest BCUT2D eigenvalue weighted by Crippen LogP contribution is 2.27. The summed E-state index contributed by atoms with van der Waals surface area (Å²) in [5, 5.41) is 7.31. The highest BCUT2D eigenvalue weighted by atomic mass is 32.2. The van der Waals surface area contributed by atoms with Crippen LogP contribution in [0.25, 0.3) is 0 Å². The van der Waals surface area contributed by atoms with Crippen molar-refractivity contribution in [2.45, 2.75) is 37.2 Å². The highest BCUT2D eigenvalue weighted by molar-refractivity contribution is 8.00. The Morgan fingerprint density at radius 1 is 1.07 bits per heavy atom. The molecule has 1 heterocycles. The van der Waals surface area contributed by atoms with Crippen LogP contribution in [0.15, 0.2) is 65.8 Å². The average molecular weight is 378 g/mol. The Morgan fingerprint density at radius 2 is 1.93 bits per heavy atom. The van der Waals surface area contributed by atoms with E-state index in [2.05, 4.69) is 40.7 Å². The van der Waals surface area contributed by atoms with Crippen LogP contribution in [0, 0.1) is 0 Å². The van der Waals surface area contributed by atoms with Crippen molar-refractivity contribution in [1.82, 2.24) is 15.1 Å². The van der Waals surface area contributed by atoms with E-state index in [9.17, 15) is 4.79 Å². The van der Waals surface area contributed by atoms with E-state index >= 15 is 0 Å². The second-order valence-corrected chi connectivity index (χ2v) is 7.87. The molecule has 4 nitrogen and oxygen atoms in total. The van der Waals surface area contributed by atoms with Crippen molar-refractivity contribution in [1.29, 1.82) is 0 Å². The van der Waals surface area contributed by atoms with Crippen LogP contribution in [0.2, 0.25) is 0 Å². The van der Waals surface area contributed by atoms with Crippen molar-refractivity contribution in [2.24, 2.45) is 0 Å². The third-order valence-electron chi connectivity index (χ3n) is 4.93. The molecule has 0 saturated carbocycles. The quantitative estimate of drug-likeness (QED) is 0.637. The second-order valence-electron chi connectivity index (χ2n) is 6.82. The van der Waals surface area contributed by atoms with Gasteiger partial charge in [0.05, 0.1) is 12.3 Å². The van der Waals surface area contributed by atoms with Gasteiger partial charge in [0, 0.05) is 23.8 Å². The van der Waals surface area contributed by atoms with Gasteiger partial charge < -0.3 is 5.32 Å². The van der Waals surface area contributed by atoms with E-state index in [-0.39, 0.29) is 5.91 Å². The molecular weight excluding hydrogens is 354 g/mol. The summed E-state index contributed by atoms with van der Waals surface area (Å²) in [5.41, 5.74) is 5.22. The molecule has 0 unspecified atom stereocenters. The fraction of sp³-hybridized carbons (Fsp3) is 0.273. The lowest BCUT2D eigenvalue weighted by atomic mass is 10.1. The van der Waals surface area contributed by atoms with Crippen molar-refractivity contribution in [3.8, 4) is 0 Å². The fourth-order valence-electron chi connectivity index (χ4n) is 3.48. The van der Waals surface area contributed by atoms with Gasteiger partial charge in [0.15, 0.2) is 0 Å². The van der Waals surface area contributed by atoms with E-state index in [0.29, 0.717) is 18.8 Å². The number of fused-ring (bicyclic) bond motifs is 1. The molecular formula is C22H23N3OS. The number of nitrogens with zero attached hydrogens (tertiary/aromatic N) is 2. The van der Waals surface area contributed by atoms with Crippen molar-refractivity contribution < 1.29 is 4.79 Å². The summed E-state index contributed by atoms with van der Waals surface area (Å²) >= 11 is 1.61. The number of aromatic nitrogens is 2. The zero-order valence-corrected chi connectivity index (χ0v) is 16.0. The van der Waals surface area contributed by atoms with Crippen molar-refractivity contribution in [2.75, 3.05) is 5.75 Å². The summed E-state index contributed by atoms with van der Waals surface area (Å²) in [7, 11) is 0. The summed E-state index contributed by atoms with van der Waals surface area (Å²) in [4.78, 5) is 13.5. The van der Waals surface area contributed by atoms with Gasteiger partial charge in [-0.05, 0) is 59.7 Å².